The fourth-order valence-corrected chi connectivity index (χ4v) is 2.48. The van der Waals surface area contributed by atoms with Crippen LogP contribution in [0.5, 0.6) is 0 Å². The summed E-state index contributed by atoms with van der Waals surface area (Å²) >= 11 is 6.31. The van der Waals surface area contributed by atoms with E-state index in [0.29, 0.717) is 8.95 Å². The van der Waals surface area contributed by atoms with Crippen LogP contribution in [0.1, 0.15) is 11.7 Å². The van der Waals surface area contributed by atoms with Crippen molar-refractivity contribution in [2.45, 2.75) is 12.2 Å². The zero-order valence-corrected chi connectivity index (χ0v) is 12.8. The van der Waals surface area contributed by atoms with Crippen LogP contribution in [-0.4, -0.2) is 30.8 Å². The lowest BCUT2D eigenvalue weighted by Crippen LogP contribution is -2.37. The number of nitrogens with zero attached hydrogens (tertiary/aromatic N) is 1. The van der Waals surface area contributed by atoms with Crippen LogP contribution >= 0.6 is 31.9 Å². The molecule has 0 aliphatic rings. The Hall–Kier alpha value is -0.670. The topological polar surface area (TPSA) is 51.2 Å². The molecule has 0 amide bonds. The Balaban J connectivity index is 3.00. The van der Waals surface area contributed by atoms with Crippen LogP contribution in [0.3, 0.4) is 0 Å². The van der Waals surface area contributed by atoms with Gasteiger partial charge < -0.3 is 4.74 Å². The van der Waals surface area contributed by atoms with Crippen LogP contribution in [0.4, 0.5) is 13.2 Å². The standard InChI is InChI=1S/C10H9Br2F3N2O2/c1-19-9(18)8(17-4-10(13,14)15)7-6(12)2-5(11)3-16-7/h2-3,8,17H,4H2,1H3. The number of methoxy groups -OCH3 is 1. The van der Waals surface area contributed by atoms with Gasteiger partial charge in [0.15, 0.2) is 0 Å². The van der Waals surface area contributed by atoms with Crippen molar-refractivity contribution in [3.63, 3.8) is 0 Å². The third-order valence-electron chi connectivity index (χ3n) is 2.05. The monoisotopic (exact) mass is 404 g/mol. The highest BCUT2D eigenvalue weighted by Crippen LogP contribution is 2.26. The Kier molecular flexibility index (Phi) is 5.75. The fraction of sp³-hybridized carbons (Fsp3) is 0.400. The van der Waals surface area contributed by atoms with E-state index in [-0.39, 0.29) is 5.69 Å². The first-order valence-corrected chi connectivity index (χ1v) is 6.52. The number of hydrogen-bond acceptors (Lipinski definition) is 4. The SMILES string of the molecule is COC(=O)C(NCC(F)(F)F)c1ncc(Br)cc1Br. The minimum Gasteiger partial charge on any atom is -0.468 e. The van der Waals surface area contributed by atoms with Gasteiger partial charge in [-0.15, -0.1) is 0 Å². The summed E-state index contributed by atoms with van der Waals surface area (Å²) in [7, 11) is 1.09. The van der Waals surface area contributed by atoms with Gasteiger partial charge in [-0.2, -0.15) is 13.2 Å². The van der Waals surface area contributed by atoms with Crippen molar-refractivity contribution in [3.05, 3.63) is 26.9 Å². The Morgan fingerprint density at radius 3 is 2.63 bits per heavy atom. The second-order valence-corrected chi connectivity index (χ2v) is 5.24. The molecular weight excluding hydrogens is 397 g/mol. The predicted molar refractivity (Wildman–Crippen MR) is 68.5 cm³/mol. The lowest BCUT2D eigenvalue weighted by Gasteiger charge is -2.18. The van der Waals surface area contributed by atoms with Gasteiger partial charge in [0.05, 0.1) is 19.3 Å². The molecule has 0 fully saturated rings. The van der Waals surface area contributed by atoms with Crippen LogP contribution in [0.2, 0.25) is 0 Å². The number of carbonyl (C=O) groups excluding carboxylic acids is 1. The summed E-state index contributed by atoms with van der Waals surface area (Å²) in [5.74, 6) is -0.847. The van der Waals surface area contributed by atoms with Gasteiger partial charge in [0.25, 0.3) is 0 Å². The van der Waals surface area contributed by atoms with Crippen molar-refractivity contribution >= 4 is 37.8 Å². The number of esters is 1. The number of nitrogens with one attached hydrogen (secondary N) is 1. The zero-order chi connectivity index (χ0) is 14.6. The molecule has 1 unspecified atom stereocenters. The highest BCUT2D eigenvalue weighted by atomic mass is 79.9. The number of carbonyl (C=O) groups is 1. The van der Waals surface area contributed by atoms with E-state index in [1.807, 2.05) is 0 Å². The molecule has 1 heterocycles. The molecule has 1 N–H and O–H groups in total. The molecule has 4 nitrogen and oxygen atoms in total. The van der Waals surface area contributed by atoms with Crippen molar-refractivity contribution in [2.24, 2.45) is 0 Å². The predicted octanol–water partition coefficient (Wildman–Crippen LogP) is 2.97. The summed E-state index contributed by atoms with van der Waals surface area (Å²) in [5.41, 5.74) is 0.124. The van der Waals surface area contributed by atoms with Gasteiger partial charge in [0.1, 0.15) is 6.04 Å². The molecule has 0 bridgehead atoms. The van der Waals surface area contributed by atoms with E-state index in [1.165, 1.54) is 6.20 Å². The maximum atomic E-state index is 12.2. The van der Waals surface area contributed by atoms with Crippen molar-refractivity contribution in [1.29, 1.82) is 0 Å². The second-order valence-electron chi connectivity index (χ2n) is 3.47. The lowest BCUT2D eigenvalue weighted by molar-refractivity contribution is -0.147. The molecule has 0 aliphatic heterocycles. The Labute approximate surface area is 124 Å². The molecule has 106 valence electrons. The third kappa shape index (κ3) is 5.07. The van der Waals surface area contributed by atoms with Crippen molar-refractivity contribution in [2.75, 3.05) is 13.7 Å². The summed E-state index contributed by atoms with van der Waals surface area (Å²) in [6, 6.07) is 0.280. The minimum absolute atomic E-state index is 0.124. The smallest absolute Gasteiger partial charge is 0.401 e. The van der Waals surface area contributed by atoms with Gasteiger partial charge in [0.2, 0.25) is 0 Å². The molecule has 0 radical (unpaired) electrons. The van der Waals surface area contributed by atoms with Crippen LogP contribution in [-0.2, 0) is 9.53 Å². The Bertz CT molecular complexity index is 469. The minimum atomic E-state index is -4.44. The zero-order valence-electron chi connectivity index (χ0n) is 9.59. The fourth-order valence-electron chi connectivity index (χ4n) is 1.26. The number of hydrogen-bond donors (Lipinski definition) is 1. The first-order chi connectivity index (χ1) is 8.74. The quantitative estimate of drug-likeness (QED) is 0.782. The van der Waals surface area contributed by atoms with E-state index in [9.17, 15) is 18.0 Å². The molecule has 1 aromatic rings. The molecule has 0 saturated carbocycles. The van der Waals surface area contributed by atoms with Crippen molar-refractivity contribution < 1.29 is 22.7 Å². The van der Waals surface area contributed by atoms with E-state index in [4.69, 9.17) is 0 Å². The normalized spacial score (nSPS) is 13.2. The number of ether oxygens (including phenoxy) is 1. The first kappa shape index (κ1) is 16.4. The Morgan fingerprint density at radius 2 is 2.16 bits per heavy atom. The molecule has 0 aromatic carbocycles. The van der Waals surface area contributed by atoms with Gasteiger partial charge in [0, 0.05) is 15.1 Å². The summed E-state index contributed by atoms with van der Waals surface area (Å²) in [5, 5.41) is 2.08. The van der Waals surface area contributed by atoms with Crippen LogP contribution in [0.15, 0.2) is 21.2 Å². The summed E-state index contributed by atoms with van der Waals surface area (Å²) < 4.78 is 42.1. The molecule has 1 rings (SSSR count). The van der Waals surface area contributed by atoms with Gasteiger partial charge in [-0.05, 0) is 37.9 Å². The van der Waals surface area contributed by atoms with Crippen LogP contribution in [0, 0.1) is 0 Å². The van der Waals surface area contributed by atoms with Crippen LogP contribution < -0.4 is 5.32 Å². The number of halogens is 5. The molecule has 0 saturated heterocycles. The third-order valence-corrected chi connectivity index (χ3v) is 3.12. The average molecular weight is 406 g/mol. The molecule has 9 heteroatoms. The number of rotatable bonds is 4. The van der Waals surface area contributed by atoms with Gasteiger partial charge >= 0.3 is 12.1 Å². The van der Waals surface area contributed by atoms with Gasteiger partial charge in [-0.25, -0.2) is 4.79 Å². The van der Waals surface area contributed by atoms with E-state index < -0.39 is 24.7 Å². The van der Waals surface area contributed by atoms with E-state index in [0.717, 1.165) is 7.11 Å². The molecule has 0 spiro atoms. The maximum absolute atomic E-state index is 12.2. The average Bonchev–Trinajstić information content (AvgIpc) is 2.29. The summed E-state index contributed by atoms with van der Waals surface area (Å²) in [4.78, 5) is 15.5. The Morgan fingerprint density at radius 1 is 1.53 bits per heavy atom. The van der Waals surface area contributed by atoms with Crippen LogP contribution in [0.25, 0.3) is 0 Å². The molecule has 0 aliphatic carbocycles. The van der Waals surface area contributed by atoms with E-state index >= 15 is 0 Å². The molecule has 1 aromatic heterocycles. The van der Waals surface area contributed by atoms with Gasteiger partial charge in [-0.3, -0.25) is 10.3 Å². The molecule has 19 heavy (non-hydrogen) atoms. The van der Waals surface area contributed by atoms with E-state index in [1.54, 1.807) is 6.07 Å². The van der Waals surface area contributed by atoms with E-state index in [2.05, 4.69) is 46.9 Å². The molecule has 1 atom stereocenters. The number of pyridine rings is 1. The summed E-state index contributed by atoms with van der Waals surface area (Å²) in [6.45, 7) is -1.32. The number of alkyl halides is 3. The highest BCUT2D eigenvalue weighted by Gasteiger charge is 2.32. The van der Waals surface area contributed by atoms with Gasteiger partial charge in [-0.1, -0.05) is 0 Å². The van der Waals surface area contributed by atoms with Crippen molar-refractivity contribution in [3.8, 4) is 0 Å². The first-order valence-electron chi connectivity index (χ1n) is 4.93. The highest BCUT2D eigenvalue weighted by molar-refractivity contribution is 9.11. The largest absolute Gasteiger partial charge is 0.468 e. The number of aromatic nitrogens is 1. The molecular formula is C10H9Br2F3N2O2. The maximum Gasteiger partial charge on any atom is 0.401 e. The lowest BCUT2D eigenvalue weighted by atomic mass is 10.2. The summed E-state index contributed by atoms with van der Waals surface area (Å²) in [6.07, 6.45) is -3.06. The second kappa shape index (κ2) is 6.67. The van der Waals surface area contributed by atoms with Crippen molar-refractivity contribution in [1.82, 2.24) is 10.3 Å².